The number of rotatable bonds is 3. The average Bonchev–Trinajstić information content (AvgIpc) is 2.39. The van der Waals surface area contributed by atoms with E-state index in [1.54, 1.807) is 6.92 Å². The molecule has 2 heterocycles. The van der Waals surface area contributed by atoms with Crippen LogP contribution in [0.1, 0.15) is 29.4 Å². The van der Waals surface area contributed by atoms with Crippen molar-refractivity contribution in [2.24, 2.45) is 10.4 Å². The van der Waals surface area contributed by atoms with E-state index in [0.717, 1.165) is 0 Å². The molecule has 98 valence electrons. The zero-order valence-corrected chi connectivity index (χ0v) is 10.2. The van der Waals surface area contributed by atoms with Crippen LogP contribution in [0.2, 0.25) is 0 Å². The second-order valence-corrected chi connectivity index (χ2v) is 4.53. The number of hydrogen-bond donors (Lipinski definition) is 2. The fourth-order valence-corrected chi connectivity index (χ4v) is 1.77. The lowest BCUT2D eigenvalue weighted by Crippen LogP contribution is -2.30. The standard InChI is InChI=1S/C13H12N2O4/c1-13(12(18)19)3-5-15-10(7-13)9-6-8(11(16)17)2-4-14-9/h2-6H,7H2,1H3,(H,16,17)(H,18,19). The van der Waals surface area contributed by atoms with Crippen molar-refractivity contribution in [3.8, 4) is 0 Å². The molecule has 6 heteroatoms. The van der Waals surface area contributed by atoms with Crippen LogP contribution in [0.3, 0.4) is 0 Å². The third-order valence-electron chi connectivity index (χ3n) is 3.00. The smallest absolute Gasteiger partial charge is 0.335 e. The van der Waals surface area contributed by atoms with Gasteiger partial charge in [-0.1, -0.05) is 0 Å². The van der Waals surface area contributed by atoms with Crippen LogP contribution >= 0.6 is 0 Å². The molecular formula is C13H12N2O4. The van der Waals surface area contributed by atoms with Crippen LogP contribution in [0.5, 0.6) is 0 Å². The number of carboxylic acids is 2. The topological polar surface area (TPSA) is 99.8 Å². The average molecular weight is 260 g/mol. The SMILES string of the molecule is CC1(C(=O)O)C=CN=C(c2cc(C(=O)O)ccn2)C1. The Morgan fingerprint density at radius 2 is 2.11 bits per heavy atom. The third kappa shape index (κ3) is 2.52. The van der Waals surface area contributed by atoms with E-state index in [-0.39, 0.29) is 12.0 Å². The van der Waals surface area contributed by atoms with Gasteiger partial charge in [0.15, 0.2) is 0 Å². The van der Waals surface area contributed by atoms with E-state index in [1.807, 2.05) is 0 Å². The molecule has 0 amide bonds. The number of aliphatic carboxylic acids is 1. The summed E-state index contributed by atoms with van der Waals surface area (Å²) in [6.45, 7) is 1.58. The van der Waals surface area contributed by atoms with Crippen LogP contribution in [-0.4, -0.2) is 32.8 Å². The molecule has 0 bridgehead atoms. The van der Waals surface area contributed by atoms with Gasteiger partial charge in [-0.2, -0.15) is 0 Å². The van der Waals surface area contributed by atoms with Gasteiger partial charge in [0.25, 0.3) is 0 Å². The van der Waals surface area contributed by atoms with Crippen molar-refractivity contribution in [3.05, 3.63) is 41.9 Å². The van der Waals surface area contributed by atoms with Gasteiger partial charge < -0.3 is 10.2 Å². The second-order valence-electron chi connectivity index (χ2n) is 4.53. The molecule has 0 aliphatic carbocycles. The quantitative estimate of drug-likeness (QED) is 0.859. The number of carbonyl (C=O) groups is 2. The molecule has 19 heavy (non-hydrogen) atoms. The minimum atomic E-state index is -1.06. The van der Waals surface area contributed by atoms with E-state index < -0.39 is 17.4 Å². The first-order valence-electron chi connectivity index (χ1n) is 5.60. The molecule has 2 N–H and O–H groups in total. The number of aliphatic imine (C=N–C) groups is 1. The summed E-state index contributed by atoms with van der Waals surface area (Å²) < 4.78 is 0. The van der Waals surface area contributed by atoms with Crippen molar-refractivity contribution >= 4 is 17.7 Å². The predicted molar refractivity (Wildman–Crippen MR) is 67.2 cm³/mol. The molecule has 1 aliphatic rings. The fourth-order valence-electron chi connectivity index (χ4n) is 1.77. The summed E-state index contributed by atoms with van der Waals surface area (Å²) >= 11 is 0. The van der Waals surface area contributed by atoms with Gasteiger partial charge >= 0.3 is 11.9 Å². The Morgan fingerprint density at radius 3 is 2.74 bits per heavy atom. The monoisotopic (exact) mass is 260 g/mol. The minimum absolute atomic E-state index is 0.0966. The van der Waals surface area contributed by atoms with Crippen molar-refractivity contribution < 1.29 is 19.8 Å². The van der Waals surface area contributed by atoms with Gasteiger partial charge in [0.05, 0.1) is 22.4 Å². The Balaban J connectivity index is 2.36. The lowest BCUT2D eigenvalue weighted by atomic mass is 9.82. The highest BCUT2D eigenvalue weighted by Crippen LogP contribution is 2.29. The molecule has 1 unspecified atom stereocenters. The summed E-state index contributed by atoms with van der Waals surface area (Å²) in [5.41, 5.74) is -0.0932. The van der Waals surface area contributed by atoms with Crippen LogP contribution < -0.4 is 0 Å². The van der Waals surface area contributed by atoms with Gasteiger partial charge in [0.2, 0.25) is 0 Å². The molecular weight excluding hydrogens is 248 g/mol. The molecule has 1 aliphatic heterocycles. The van der Waals surface area contributed by atoms with Gasteiger partial charge in [-0.15, -0.1) is 0 Å². The summed E-state index contributed by atoms with van der Waals surface area (Å²) in [5.74, 6) is -2.01. The van der Waals surface area contributed by atoms with Gasteiger partial charge in [0.1, 0.15) is 0 Å². The van der Waals surface area contributed by atoms with E-state index in [0.29, 0.717) is 11.4 Å². The van der Waals surface area contributed by atoms with E-state index in [4.69, 9.17) is 5.11 Å². The van der Waals surface area contributed by atoms with E-state index in [1.165, 1.54) is 30.6 Å². The Kier molecular flexibility index (Phi) is 3.16. The molecule has 0 aromatic carbocycles. The Bertz CT molecular complexity index is 606. The molecule has 1 atom stereocenters. The summed E-state index contributed by atoms with van der Waals surface area (Å²) in [6, 6.07) is 2.77. The first-order valence-corrected chi connectivity index (χ1v) is 5.60. The Morgan fingerprint density at radius 1 is 1.37 bits per heavy atom. The van der Waals surface area contributed by atoms with Gasteiger partial charge in [-0.05, 0) is 25.1 Å². The third-order valence-corrected chi connectivity index (χ3v) is 3.00. The molecule has 0 fully saturated rings. The van der Waals surface area contributed by atoms with Crippen LogP contribution in [0.25, 0.3) is 0 Å². The number of aromatic nitrogens is 1. The maximum absolute atomic E-state index is 11.2. The summed E-state index contributed by atoms with van der Waals surface area (Å²) in [6.07, 6.45) is 4.48. The molecule has 0 saturated heterocycles. The number of pyridine rings is 1. The Labute approximate surface area is 109 Å². The van der Waals surface area contributed by atoms with E-state index in [9.17, 15) is 14.7 Å². The van der Waals surface area contributed by atoms with E-state index >= 15 is 0 Å². The first kappa shape index (κ1) is 12.9. The highest BCUT2D eigenvalue weighted by Gasteiger charge is 2.34. The van der Waals surface area contributed by atoms with Crippen molar-refractivity contribution in [2.45, 2.75) is 13.3 Å². The normalized spacial score (nSPS) is 21.8. The summed E-state index contributed by atoms with van der Waals surface area (Å²) in [7, 11) is 0. The predicted octanol–water partition coefficient (Wildman–Crippen LogP) is 1.58. The largest absolute Gasteiger partial charge is 0.481 e. The number of aromatic carboxylic acids is 1. The highest BCUT2D eigenvalue weighted by atomic mass is 16.4. The molecule has 0 radical (unpaired) electrons. The number of carboxylic acid groups (broad SMARTS) is 2. The molecule has 2 rings (SSSR count). The molecule has 1 aromatic heterocycles. The molecule has 0 spiro atoms. The lowest BCUT2D eigenvalue weighted by Gasteiger charge is -2.23. The second kappa shape index (κ2) is 4.64. The maximum atomic E-state index is 11.2. The Hall–Kier alpha value is -2.50. The zero-order valence-electron chi connectivity index (χ0n) is 10.2. The number of nitrogens with zero attached hydrogens (tertiary/aromatic N) is 2. The van der Waals surface area contributed by atoms with Crippen molar-refractivity contribution in [2.75, 3.05) is 0 Å². The van der Waals surface area contributed by atoms with Gasteiger partial charge in [0, 0.05) is 18.8 Å². The van der Waals surface area contributed by atoms with Crippen molar-refractivity contribution in [1.29, 1.82) is 0 Å². The van der Waals surface area contributed by atoms with Crippen LogP contribution in [0, 0.1) is 5.41 Å². The highest BCUT2D eigenvalue weighted by molar-refractivity contribution is 6.04. The van der Waals surface area contributed by atoms with E-state index in [2.05, 4.69) is 9.98 Å². The van der Waals surface area contributed by atoms with Gasteiger partial charge in [-0.3, -0.25) is 14.8 Å². The molecule has 1 aromatic rings. The maximum Gasteiger partial charge on any atom is 0.335 e. The molecule has 6 nitrogen and oxygen atoms in total. The minimum Gasteiger partial charge on any atom is -0.481 e. The van der Waals surface area contributed by atoms with Crippen LogP contribution in [-0.2, 0) is 4.79 Å². The van der Waals surface area contributed by atoms with Crippen LogP contribution in [0.4, 0.5) is 0 Å². The first-order chi connectivity index (χ1) is 8.92. The van der Waals surface area contributed by atoms with Gasteiger partial charge in [-0.25, -0.2) is 4.79 Å². The van der Waals surface area contributed by atoms with Crippen molar-refractivity contribution in [1.82, 2.24) is 4.98 Å². The zero-order chi connectivity index (χ0) is 14.0. The van der Waals surface area contributed by atoms with Crippen molar-refractivity contribution in [3.63, 3.8) is 0 Å². The van der Waals surface area contributed by atoms with Crippen LogP contribution in [0.15, 0.2) is 35.6 Å². The molecule has 0 saturated carbocycles. The summed E-state index contributed by atoms with van der Waals surface area (Å²) in [5, 5.41) is 18.1. The number of hydrogen-bond acceptors (Lipinski definition) is 4. The fraction of sp³-hybridized carbons (Fsp3) is 0.231. The lowest BCUT2D eigenvalue weighted by molar-refractivity contribution is -0.144. The summed E-state index contributed by atoms with van der Waals surface area (Å²) in [4.78, 5) is 30.2.